The van der Waals surface area contributed by atoms with Crippen LogP contribution in [0.3, 0.4) is 0 Å². The third-order valence-electron chi connectivity index (χ3n) is 2.19. The van der Waals surface area contributed by atoms with Crippen molar-refractivity contribution in [1.82, 2.24) is 0 Å². The summed E-state index contributed by atoms with van der Waals surface area (Å²) < 4.78 is 0. The number of rotatable bonds is 1. The van der Waals surface area contributed by atoms with Gasteiger partial charge in [-0.15, -0.1) is 0 Å². The number of hydroxylamine groups is 1. The van der Waals surface area contributed by atoms with Gasteiger partial charge in [0.2, 0.25) is 0 Å². The summed E-state index contributed by atoms with van der Waals surface area (Å²) in [4.78, 5) is 5.25. The maximum atomic E-state index is 9.27. The van der Waals surface area contributed by atoms with Crippen molar-refractivity contribution >= 4 is 5.69 Å². The minimum absolute atomic E-state index is 0.234. The first-order valence-electron chi connectivity index (χ1n) is 4.46. The molecule has 3 heteroatoms. The van der Waals surface area contributed by atoms with Crippen LogP contribution in [0.5, 0.6) is 0 Å². The van der Waals surface area contributed by atoms with E-state index < -0.39 is 6.29 Å². The molecule has 0 spiro atoms. The Morgan fingerprint density at radius 2 is 2.08 bits per heavy atom. The first-order chi connectivity index (χ1) is 6.27. The van der Waals surface area contributed by atoms with E-state index >= 15 is 0 Å². The molecule has 1 heterocycles. The molecule has 13 heavy (non-hydrogen) atoms. The van der Waals surface area contributed by atoms with E-state index in [-0.39, 0.29) is 6.04 Å². The topological polar surface area (TPSA) is 32.7 Å². The lowest BCUT2D eigenvalue weighted by Gasteiger charge is -2.20. The highest BCUT2D eigenvalue weighted by Gasteiger charge is 2.28. The third kappa shape index (κ3) is 1.66. The Balaban J connectivity index is 2.18. The Bertz CT molecular complexity index is 276. The molecular weight excluding hydrogens is 166 g/mol. The minimum Gasteiger partial charge on any atom is -0.366 e. The van der Waals surface area contributed by atoms with E-state index in [0.29, 0.717) is 6.42 Å². The van der Waals surface area contributed by atoms with Crippen molar-refractivity contribution in [2.24, 2.45) is 0 Å². The first kappa shape index (κ1) is 8.53. The van der Waals surface area contributed by atoms with Crippen molar-refractivity contribution in [2.45, 2.75) is 25.7 Å². The van der Waals surface area contributed by atoms with Gasteiger partial charge in [-0.1, -0.05) is 18.2 Å². The quantitative estimate of drug-likeness (QED) is 0.709. The SMILES string of the molecule is CC1CC(O)ON1c1ccccc1. The van der Waals surface area contributed by atoms with Gasteiger partial charge in [-0.25, -0.2) is 9.90 Å². The predicted molar refractivity (Wildman–Crippen MR) is 50.1 cm³/mol. The van der Waals surface area contributed by atoms with Crippen LogP contribution in [-0.4, -0.2) is 17.4 Å². The van der Waals surface area contributed by atoms with E-state index in [1.54, 1.807) is 5.06 Å². The predicted octanol–water partition coefficient (Wildman–Crippen LogP) is 1.54. The molecule has 0 amide bonds. The van der Waals surface area contributed by atoms with E-state index in [4.69, 9.17) is 4.84 Å². The van der Waals surface area contributed by atoms with E-state index in [2.05, 4.69) is 0 Å². The van der Waals surface area contributed by atoms with E-state index in [9.17, 15) is 5.11 Å². The standard InChI is InChI=1S/C10H13NO2/c1-8-7-10(12)13-11(8)9-5-3-2-4-6-9/h2-6,8,10,12H,7H2,1H3. The summed E-state index contributed by atoms with van der Waals surface area (Å²) in [5.74, 6) is 0. The van der Waals surface area contributed by atoms with Crippen LogP contribution in [0.4, 0.5) is 5.69 Å². The van der Waals surface area contributed by atoms with Crippen molar-refractivity contribution < 1.29 is 9.94 Å². The fourth-order valence-electron chi connectivity index (χ4n) is 1.56. The molecule has 1 N–H and O–H groups in total. The van der Waals surface area contributed by atoms with Gasteiger partial charge in [0.1, 0.15) is 0 Å². The fraction of sp³-hybridized carbons (Fsp3) is 0.400. The zero-order valence-electron chi connectivity index (χ0n) is 7.55. The number of hydrogen-bond acceptors (Lipinski definition) is 3. The van der Waals surface area contributed by atoms with Gasteiger partial charge in [0, 0.05) is 6.42 Å². The van der Waals surface area contributed by atoms with Crippen LogP contribution >= 0.6 is 0 Å². The maximum Gasteiger partial charge on any atom is 0.183 e. The smallest absolute Gasteiger partial charge is 0.183 e. The molecule has 1 aliphatic heterocycles. The Labute approximate surface area is 77.5 Å². The average molecular weight is 179 g/mol. The van der Waals surface area contributed by atoms with Gasteiger partial charge in [0.05, 0.1) is 11.7 Å². The van der Waals surface area contributed by atoms with Crippen molar-refractivity contribution in [3.05, 3.63) is 30.3 Å². The minimum atomic E-state index is -0.657. The molecule has 2 rings (SSSR count). The van der Waals surface area contributed by atoms with Crippen molar-refractivity contribution in [2.75, 3.05) is 5.06 Å². The summed E-state index contributed by atoms with van der Waals surface area (Å²) >= 11 is 0. The summed E-state index contributed by atoms with van der Waals surface area (Å²) in [5.41, 5.74) is 0.992. The number of aliphatic hydroxyl groups is 1. The molecule has 2 unspecified atom stereocenters. The van der Waals surface area contributed by atoms with E-state index in [1.807, 2.05) is 37.3 Å². The van der Waals surface area contributed by atoms with Gasteiger partial charge in [-0.05, 0) is 19.1 Å². The summed E-state index contributed by atoms with van der Waals surface area (Å²) in [6, 6.07) is 10.0. The molecule has 0 saturated carbocycles. The molecule has 1 aromatic rings. The summed E-state index contributed by atoms with van der Waals surface area (Å²) in [5, 5.41) is 11.0. The monoisotopic (exact) mass is 179 g/mol. The highest BCUT2D eigenvalue weighted by Crippen LogP contribution is 2.25. The highest BCUT2D eigenvalue weighted by atomic mass is 16.8. The molecule has 1 saturated heterocycles. The second kappa shape index (κ2) is 3.36. The zero-order valence-corrected chi connectivity index (χ0v) is 7.55. The van der Waals surface area contributed by atoms with Crippen LogP contribution in [-0.2, 0) is 4.84 Å². The molecule has 0 radical (unpaired) electrons. The molecule has 0 aromatic heterocycles. The van der Waals surface area contributed by atoms with Crippen LogP contribution in [0.25, 0.3) is 0 Å². The zero-order chi connectivity index (χ0) is 9.26. The Kier molecular flexibility index (Phi) is 2.20. The van der Waals surface area contributed by atoms with Crippen molar-refractivity contribution in [1.29, 1.82) is 0 Å². The van der Waals surface area contributed by atoms with Crippen molar-refractivity contribution in [3.63, 3.8) is 0 Å². The van der Waals surface area contributed by atoms with Gasteiger partial charge in [0.15, 0.2) is 6.29 Å². The summed E-state index contributed by atoms with van der Waals surface area (Å²) in [7, 11) is 0. The lowest BCUT2D eigenvalue weighted by atomic mass is 10.2. The van der Waals surface area contributed by atoms with Crippen LogP contribution in [0.1, 0.15) is 13.3 Å². The molecule has 1 fully saturated rings. The fourth-order valence-corrected chi connectivity index (χ4v) is 1.56. The van der Waals surface area contributed by atoms with Crippen LogP contribution in [0.2, 0.25) is 0 Å². The first-order valence-corrected chi connectivity index (χ1v) is 4.46. The molecule has 1 aliphatic rings. The van der Waals surface area contributed by atoms with Crippen LogP contribution in [0, 0.1) is 0 Å². The Morgan fingerprint density at radius 3 is 2.62 bits per heavy atom. The number of nitrogens with zero attached hydrogens (tertiary/aromatic N) is 1. The molecule has 0 bridgehead atoms. The second-order valence-electron chi connectivity index (χ2n) is 3.31. The summed E-state index contributed by atoms with van der Waals surface area (Å²) in [6.45, 7) is 2.03. The molecule has 2 atom stereocenters. The van der Waals surface area contributed by atoms with E-state index in [1.165, 1.54) is 0 Å². The molecular formula is C10H13NO2. The van der Waals surface area contributed by atoms with Gasteiger partial charge in [-0.2, -0.15) is 0 Å². The largest absolute Gasteiger partial charge is 0.366 e. The number of anilines is 1. The number of para-hydroxylation sites is 1. The Morgan fingerprint density at radius 1 is 1.38 bits per heavy atom. The van der Waals surface area contributed by atoms with Gasteiger partial charge in [0.25, 0.3) is 0 Å². The normalized spacial score (nSPS) is 28.0. The number of benzene rings is 1. The van der Waals surface area contributed by atoms with Crippen molar-refractivity contribution in [3.8, 4) is 0 Å². The number of hydrogen-bond donors (Lipinski definition) is 1. The molecule has 0 aliphatic carbocycles. The summed E-state index contributed by atoms with van der Waals surface area (Å²) in [6.07, 6.45) is 0.00438. The van der Waals surface area contributed by atoms with Gasteiger partial charge >= 0.3 is 0 Å². The van der Waals surface area contributed by atoms with Gasteiger partial charge < -0.3 is 5.11 Å². The second-order valence-corrected chi connectivity index (χ2v) is 3.31. The average Bonchev–Trinajstić information content (AvgIpc) is 2.47. The lowest BCUT2D eigenvalue weighted by molar-refractivity contribution is -0.0705. The molecule has 3 nitrogen and oxygen atoms in total. The highest BCUT2D eigenvalue weighted by molar-refractivity contribution is 5.44. The Hall–Kier alpha value is -1.06. The van der Waals surface area contributed by atoms with E-state index in [0.717, 1.165) is 5.69 Å². The van der Waals surface area contributed by atoms with Crippen LogP contribution in [0.15, 0.2) is 30.3 Å². The molecule has 1 aromatic carbocycles. The lowest BCUT2D eigenvalue weighted by Crippen LogP contribution is -2.25. The third-order valence-corrected chi connectivity index (χ3v) is 2.19. The number of aliphatic hydroxyl groups excluding tert-OH is 1. The van der Waals surface area contributed by atoms with Gasteiger partial charge in [-0.3, -0.25) is 0 Å². The molecule has 70 valence electrons. The maximum absolute atomic E-state index is 9.27. The van der Waals surface area contributed by atoms with Crippen LogP contribution < -0.4 is 5.06 Å².